The Morgan fingerprint density at radius 1 is 1.15 bits per heavy atom. The third kappa shape index (κ3) is 4.49. The fourth-order valence-corrected chi connectivity index (χ4v) is 3.15. The molecule has 0 spiro atoms. The van der Waals surface area contributed by atoms with Crippen LogP contribution in [-0.2, 0) is 4.74 Å². The van der Waals surface area contributed by atoms with Crippen LogP contribution in [0.1, 0.15) is 34.8 Å². The summed E-state index contributed by atoms with van der Waals surface area (Å²) < 4.78 is 10.3. The highest BCUT2D eigenvalue weighted by atomic mass is 16.5. The molecule has 0 atom stereocenters. The minimum absolute atomic E-state index is 0.221. The Labute approximate surface area is 158 Å². The monoisotopic (exact) mass is 371 g/mol. The topological polar surface area (TPSA) is 75.0 Å². The molecule has 0 aliphatic carbocycles. The minimum Gasteiger partial charge on any atom is -0.462 e. The first-order chi connectivity index (χ1) is 13.1. The number of furan rings is 1. The van der Waals surface area contributed by atoms with Crippen LogP contribution in [0.5, 0.6) is 0 Å². The highest BCUT2D eigenvalue weighted by Gasteiger charge is 2.21. The molecular formula is C20H25N3O4. The van der Waals surface area contributed by atoms with Gasteiger partial charge in [-0.3, -0.25) is 4.79 Å². The van der Waals surface area contributed by atoms with E-state index < -0.39 is 5.97 Å². The summed E-state index contributed by atoms with van der Waals surface area (Å²) in [5.74, 6) is -0.541. The predicted octanol–water partition coefficient (Wildman–Crippen LogP) is 2.85. The summed E-state index contributed by atoms with van der Waals surface area (Å²) in [6, 6.07) is 8.53. The van der Waals surface area contributed by atoms with Gasteiger partial charge >= 0.3 is 5.97 Å². The highest BCUT2D eigenvalue weighted by Crippen LogP contribution is 2.29. The van der Waals surface area contributed by atoms with Gasteiger partial charge in [-0.1, -0.05) is 6.92 Å². The molecule has 1 aliphatic rings. The molecule has 27 heavy (non-hydrogen) atoms. The number of hydrogen-bond acceptors (Lipinski definition) is 6. The molecule has 1 aromatic carbocycles. The van der Waals surface area contributed by atoms with Crippen molar-refractivity contribution >= 4 is 23.3 Å². The van der Waals surface area contributed by atoms with E-state index in [1.165, 1.54) is 6.26 Å². The lowest BCUT2D eigenvalue weighted by Gasteiger charge is -2.36. The van der Waals surface area contributed by atoms with Gasteiger partial charge in [0.25, 0.3) is 5.91 Å². The van der Waals surface area contributed by atoms with E-state index in [9.17, 15) is 9.59 Å². The number of amides is 1. The predicted molar refractivity (Wildman–Crippen MR) is 103 cm³/mol. The van der Waals surface area contributed by atoms with Crippen molar-refractivity contribution in [3.05, 3.63) is 47.9 Å². The fraction of sp³-hybridized carbons (Fsp3) is 0.400. The average Bonchev–Trinajstić information content (AvgIpc) is 3.23. The lowest BCUT2D eigenvalue weighted by Crippen LogP contribution is -2.46. The van der Waals surface area contributed by atoms with Crippen LogP contribution in [0.4, 0.5) is 11.4 Å². The van der Waals surface area contributed by atoms with Gasteiger partial charge in [-0.15, -0.1) is 0 Å². The van der Waals surface area contributed by atoms with Gasteiger partial charge in [0, 0.05) is 26.2 Å². The van der Waals surface area contributed by atoms with Crippen molar-refractivity contribution in [2.75, 3.05) is 49.5 Å². The van der Waals surface area contributed by atoms with Crippen LogP contribution in [0.3, 0.4) is 0 Å². The smallest absolute Gasteiger partial charge is 0.338 e. The number of carbonyl (C=O) groups is 2. The van der Waals surface area contributed by atoms with Crippen LogP contribution in [-0.4, -0.2) is 56.1 Å². The van der Waals surface area contributed by atoms with Crippen LogP contribution < -0.4 is 10.2 Å². The molecule has 0 radical (unpaired) electrons. The zero-order valence-corrected chi connectivity index (χ0v) is 15.7. The largest absolute Gasteiger partial charge is 0.462 e. The van der Waals surface area contributed by atoms with Gasteiger partial charge in [-0.05, 0) is 43.8 Å². The summed E-state index contributed by atoms with van der Waals surface area (Å²) in [5, 5.41) is 2.88. The van der Waals surface area contributed by atoms with Crippen molar-refractivity contribution in [1.29, 1.82) is 0 Å². The zero-order chi connectivity index (χ0) is 19.2. The van der Waals surface area contributed by atoms with Crippen molar-refractivity contribution in [2.45, 2.75) is 13.8 Å². The van der Waals surface area contributed by atoms with Crippen LogP contribution in [0, 0.1) is 0 Å². The molecule has 2 heterocycles. The molecule has 0 bridgehead atoms. The Balaban J connectivity index is 1.87. The van der Waals surface area contributed by atoms with Crippen LogP contribution in [0.25, 0.3) is 0 Å². The van der Waals surface area contributed by atoms with E-state index >= 15 is 0 Å². The number of rotatable bonds is 6. The maximum atomic E-state index is 12.5. The second-order valence-electron chi connectivity index (χ2n) is 6.31. The van der Waals surface area contributed by atoms with E-state index in [4.69, 9.17) is 9.15 Å². The molecule has 1 aliphatic heterocycles. The Morgan fingerprint density at radius 2 is 1.93 bits per heavy atom. The zero-order valence-electron chi connectivity index (χ0n) is 15.7. The quantitative estimate of drug-likeness (QED) is 0.787. The maximum absolute atomic E-state index is 12.5. The summed E-state index contributed by atoms with van der Waals surface area (Å²) >= 11 is 0. The molecule has 1 saturated heterocycles. The van der Waals surface area contributed by atoms with E-state index in [1.807, 2.05) is 6.07 Å². The Hall–Kier alpha value is -2.80. The summed E-state index contributed by atoms with van der Waals surface area (Å²) in [5.41, 5.74) is 1.87. The molecule has 1 amide bonds. The second-order valence-corrected chi connectivity index (χ2v) is 6.31. The van der Waals surface area contributed by atoms with Gasteiger partial charge in [0.15, 0.2) is 5.76 Å². The maximum Gasteiger partial charge on any atom is 0.338 e. The molecule has 1 aromatic heterocycles. The molecular weight excluding hydrogens is 346 g/mol. The standard InChI is InChI=1S/C20H25N3O4/c1-3-22-9-11-23(12-10-22)17-8-7-15(20(25)26-4-2)14-16(17)21-19(24)18-6-5-13-27-18/h5-8,13-14H,3-4,9-12H2,1-2H3,(H,21,24). The van der Waals surface area contributed by atoms with E-state index in [0.717, 1.165) is 38.4 Å². The van der Waals surface area contributed by atoms with Gasteiger partial charge in [-0.25, -0.2) is 4.79 Å². The Morgan fingerprint density at radius 3 is 2.56 bits per heavy atom. The number of anilines is 2. The van der Waals surface area contributed by atoms with Crippen molar-refractivity contribution in [3.8, 4) is 0 Å². The van der Waals surface area contributed by atoms with Gasteiger partial charge in [0.2, 0.25) is 0 Å². The number of hydrogen-bond donors (Lipinski definition) is 1. The SMILES string of the molecule is CCOC(=O)c1ccc(N2CCN(CC)CC2)c(NC(=O)c2ccco2)c1. The van der Waals surface area contributed by atoms with E-state index in [2.05, 4.69) is 22.0 Å². The van der Waals surface area contributed by atoms with Gasteiger partial charge in [-0.2, -0.15) is 0 Å². The summed E-state index contributed by atoms with van der Waals surface area (Å²) in [6.45, 7) is 8.87. The van der Waals surface area contributed by atoms with Crippen molar-refractivity contribution in [1.82, 2.24) is 4.90 Å². The van der Waals surface area contributed by atoms with Crippen LogP contribution in [0.2, 0.25) is 0 Å². The number of ether oxygens (including phenoxy) is 1. The highest BCUT2D eigenvalue weighted by molar-refractivity contribution is 6.05. The number of piperazine rings is 1. The van der Waals surface area contributed by atoms with E-state index in [0.29, 0.717) is 17.9 Å². The van der Waals surface area contributed by atoms with Crippen LogP contribution >= 0.6 is 0 Å². The number of nitrogens with zero attached hydrogens (tertiary/aromatic N) is 2. The molecule has 7 heteroatoms. The second kappa shape index (κ2) is 8.73. The molecule has 2 aromatic rings. The lowest BCUT2D eigenvalue weighted by atomic mass is 10.1. The molecule has 3 rings (SSSR count). The van der Waals surface area contributed by atoms with Gasteiger partial charge < -0.3 is 24.3 Å². The summed E-state index contributed by atoms with van der Waals surface area (Å²) in [7, 11) is 0. The number of likely N-dealkylation sites (N-methyl/N-ethyl adjacent to an activating group) is 1. The Bertz CT molecular complexity index is 781. The van der Waals surface area contributed by atoms with Gasteiger partial charge in [0.05, 0.1) is 29.8 Å². The number of nitrogens with one attached hydrogen (secondary N) is 1. The number of carbonyl (C=O) groups excluding carboxylic acids is 2. The molecule has 144 valence electrons. The van der Waals surface area contributed by atoms with Crippen molar-refractivity contribution < 1.29 is 18.7 Å². The number of benzene rings is 1. The molecule has 1 fully saturated rings. The first-order valence-corrected chi connectivity index (χ1v) is 9.25. The first kappa shape index (κ1) is 19.0. The molecule has 7 nitrogen and oxygen atoms in total. The van der Waals surface area contributed by atoms with Crippen molar-refractivity contribution in [2.24, 2.45) is 0 Å². The summed E-state index contributed by atoms with van der Waals surface area (Å²) in [4.78, 5) is 29.2. The fourth-order valence-electron chi connectivity index (χ4n) is 3.15. The molecule has 1 N–H and O–H groups in total. The van der Waals surface area contributed by atoms with E-state index in [1.54, 1.807) is 31.2 Å². The minimum atomic E-state index is -0.409. The summed E-state index contributed by atoms with van der Waals surface area (Å²) in [6.07, 6.45) is 1.45. The van der Waals surface area contributed by atoms with E-state index in [-0.39, 0.29) is 11.7 Å². The molecule has 0 saturated carbocycles. The average molecular weight is 371 g/mol. The Kier molecular flexibility index (Phi) is 6.13. The van der Waals surface area contributed by atoms with Crippen LogP contribution in [0.15, 0.2) is 41.0 Å². The normalized spacial score (nSPS) is 14.8. The van der Waals surface area contributed by atoms with Crippen molar-refractivity contribution in [3.63, 3.8) is 0 Å². The third-order valence-corrected chi connectivity index (χ3v) is 4.66. The number of esters is 1. The first-order valence-electron chi connectivity index (χ1n) is 9.25. The lowest BCUT2D eigenvalue weighted by molar-refractivity contribution is 0.0526. The van der Waals surface area contributed by atoms with Gasteiger partial charge in [0.1, 0.15) is 0 Å². The molecule has 0 unspecified atom stereocenters. The third-order valence-electron chi connectivity index (χ3n) is 4.66.